The summed E-state index contributed by atoms with van der Waals surface area (Å²) in [6.07, 6.45) is 0. The number of hydrogen-bond acceptors (Lipinski definition) is 4. The molecule has 92 valence electrons. The standard InChI is InChI=1S/C11H10F2O4/c1-3-17-11(15)9(14)8-6(12)4-5-7(13)10(8)16-2/h4-5H,3H2,1-2H3. The molecule has 4 nitrogen and oxygen atoms in total. The van der Waals surface area contributed by atoms with Crippen LogP contribution in [-0.4, -0.2) is 25.5 Å². The van der Waals surface area contributed by atoms with Gasteiger partial charge in [-0.05, 0) is 19.1 Å². The molecule has 1 rings (SSSR count). The Balaban J connectivity index is 3.25. The van der Waals surface area contributed by atoms with Crippen LogP contribution in [0.1, 0.15) is 17.3 Å². The van der Waals surface area contributed by atoms with Gasteiger partial charge in [-0.25, -0.2) is 13.6 Å². The van der Waals surface area contributed by atoms with Crippen molar-refractivity contribution >= 4 is 11.8 Å². The molecule has 17 heavy (non-hydrogen) atoms. The van der Waals surface area contributed by atoms with E-state index in [1.807, 2.05) is 0 Å². The summed E-state index contributed by atoms with van der Waals surface area (Å²) in [5.74, 6) is -5.11. The van der Waals surface area contributed by atoms with Gasteiger partial charge in [-0.15, -0.1) is 0 Å². The average Bonchev–Trinajstić information content (AvgIpc) is 2.31. The van der Waals surface area contributed by atoms with Crippen molar-refractivity contribution in [1.82, 2.24) is 0 Å². The number of methoxy groups -OCH3 is 1. The van der Waals surface area contributed by atoms with Gasteiger partial charge in [0.2, 0.25) is 0 Å². The van der Waals surface area contributed by atoms with E-state index in [1.165, 1.54) is 6.92 Å². The number of ketones is 1. The molecule has 0 unspecified atom stereocenters. The Kier molecular flexibility index (Phi) is 4.14. The minimum atomic E-state index is -1.28. The lowest BCUT2D eigenvalue weighted by atomic mass is 10.1. The summed E-state index contributed by atoms with van der Waals surface area (Å²) in [5, 5.41) is 0. The van der Waals surface area contributed by atoms with Crippen LogP contribution in [0.4, 0.5) is 8.78 Å². The largest absolute Gasteiger partial charge is 0.493 e. The maximum absolute atomic E-state index is 13.4. The Morgan fingerprint density at radius 2 is 1.82 bits per heavy atom. The van der Waals surface area contributed by atoms with Crippen molar-refractivity contribution in [3.05, 3.63) is 29.3 Å². The molecule has 0 amide bonds. The van der Waals surface area contributed by atoms with Gasteiger partial charge >= 0.3 is 5.97 Å². The topological polar surface area (TPSA) is 52.6 Å². The summed E-state index contributed by atoms with van der Waals surface area (Å²) < 4.78 is 35.6. The number of carbonyl (C=O) groups is 2. The summed E-state index contributed by atoms with van der Waals surface area (Å²) >= 11 is 0. The van der Waals surface area contributed by atoms with Crippen molar-refractivity contribution < 1.29 is 27.8 Å². The molecule has 0 fully saturated rings. The molecule has 6 heteroatoms. The molecular formula is C11H10F2O4. The molecule has 0 aliphatic rings. The normalized spacial score (nSPS) is 9.88. The summed E-state index contributed by atoms with van der Waals surface area (Å²) in [6.45, 7) is 1.45. The van der Waals surface area contributed by atoms with Crippen LogP contribution in [0.25, 0.3) is 0 Å². The van der Waals surface area contributed by atoms with Gasteiger partial charge in [0, 0.05) is 0 Å². The van der Waals surface area contributed by atoms with Gasteiger partial charge in [-0.3, -0.25) is 4.79 Å². The molecule has 0 aliphatic carbocycles. The highest BCUT2D eigenvalue weighted by Crippen LogP contribution is 2.25. The predicted octanol–water partition coefficient (Wildman–Crippen LogP) is 1.72. The number of Topliss-reactive ketones (excluding diaryl/α,β-unsaturated/α-hetero) is 1. The van der Waals surface area contributed by atoms with E-state index in [2.05, 4.69) is 9.47 Å². The van der Waals surface area contributed by atoms with Gasteiger partial charge in [0.15, 0.2) is 11.6 Å². The second-order valence-electron chi connectivity index (χ2n) is 2.99. The zero-order valence-electron chi connectivity index (χ0n) is 9.25. The van der Waals surface area contributed by atoms with Crippen LogP contribution in [0.15, 0.2) is 12.1 Å². The highest BCUT2D eigenvalue weighted by molar-refractivity contribution is 6.41. The van der Waals surface area contributed by atoms with Crippen molar-refractivity contribution in [3.63, 3.8) is 0 Å². The second-order valence-corrected chi connectivity index (χ2v) is 2.99. The molecule has 0 spiro atoms. The maximum atomic E-state index is 13.4. The SMILES string of the molecule is CCOC(=O)C(=O)c1c(F)ccc(F)c1OC. The number of carbonyl (C=O) groups excluding carboxylic acids is 2. The van der Waals surface area contributed by atoms with Crippen molar-refractivity contribution in [1.29, 1.82) is 0 Å². The number of rotatable bonds is 4. The first-order valence-electron chi connectivity index (χ1n) is 4.76. The molecule has 0 saturated carbocycles. The van der Waals surface area contributed by atoms with E-state index in [0.29, 0.717) is 0 Å². The third-order valence-electron chi connectivity index (χ3n) is 1.95. The number of benzene rings is 1. The van der Waals surface area contributed by atoms with Crippen molar-refractivity contribution in [3.8, 4) is 5.75 Å². The minimum absolute atomic E-state index is 0.0379. The zero-order valence-corrected chi connectivity index (χ0v) is 9.25. The van der Waals surface area contributed by atoms with Gasteiger partial charge in [0.25, 0.3) is 5.78 Å². The Morgan fingerprint density at radius 3 is 2.35 bits per heavy atom. The Labute approximate surface area is 96.1 Å². The maximum Gasteiger partial charge on any atom is 0.379 e. The van der Waals surface area contributed by atoms with Gasteiger partial charge < -0.3 is 9.47 Å². The summed E-state index contributed by atoms with van der Waals surface area (Å²) in [7, 11) is 1.07. The number of hydrogen-bond donors (Lipinski definition) is 0. The molecule has 0 radical (unpaired) electrons. The van der Waals surface area contributed by atoms with Gasteiger partial charge in [-0.2, -0.15) is 0 Å². The van der Waals surface area contributed by atoms with E-state index in [-0.39, 0.29) is 6.61 Å². The minimum Gasteiger partial charge on any atom is -0.493 e. The van der Waals surface area contributed by atoms with Crippen LogP contribution in [0.5, 0.6) is 5.75 Å². The molecule has 0 bridgehead atoms. The summed E-state index contributed by atoms with van der Waals surface area (Å²) in [4.78, 5) is 22.7. The summed E-state index contributed by atoms with van der Waals surface area (Å²) in [6, 6.07) is 1.54. The Hall–Kier alpha value is -1.98. The first kappa shape index (κ1) is 13.1. The monoisotopic (exact) mass is 244 g/mol. The van der Waals surface area contributed by atoms with Crippen LogP contribution in [0, 0.1) is 11.6 Å². The van der Waals surface area contributed by atoms with Gasteiger partial charge in [0.1, 0.15) is 11.4 Å². The first-order valence-corrected chi connectivity index (χ1v) is 4.76. The Bertz CT molecular complexity index is 457. The number of halogens is 2. The van der Waals surface area contributed by atoms with E-state index in [4.69, 9.17) is 0 Å². The van der Waals surface area contributed by atoms with E-state index < -0.39 is 34.7 Å². The molecule has 0 aliphatic heterocycles. The number of esters is 1. The van der Waals surface area contributed by atoms with E-state index in [1.54, 1.807) is 0 Å². The summed E-state index contributed by atoms with van der Waals surface area (Å²) in [5.41, 5.74) is -0.758. The Morgan fingerprint density at radius 1 is 1.24 bits per heavy atom. The van der Waals surface area contributed by atoms with Crippen LogP contribution in [0.3, 0.4) is 0 Å². The fraction of sp³-hybridized carbons (Fsp3) is 0.273. The van der Waals surface area contributed by atoms with Crippen LogP contribution in [-0.2, 0) is 9.53 Å². The van der Waals surface area contributed by atoms with Crippen molar-refractivity contribution in [2.45, 2.75) is 6.92 Å². The van der Waals surface area contributed by atoms with E-state index >= 15 is 0 Å². The lowest BCUT2D eigenvalue weighted by Gasteiger charge is -2.08. The molecule has 1 aromatic rings. The molecular weight excluding hydrogens is 234 g/mol. The molecule has 0 aromatic heterocycles. The first-order chi connectivity index (χ1) is 8.02. The molecule has 0 atom stereocenters. The molecule has 0 N–H and O–H groups in total. The van der Waals surface area contributed by atoms with Crippen LogP contribution >= 0.6 is 0 Å². The number of ether oxygens (including phenoxy) is 2. The molecule has 0 saturated heterocycles. The highest BCUT2D eigenvalue weighted by atomic mass is 19.1. The fourth-order valence-electron chi connectivity index (χ4n) is 1.24. The van der Waals surface area contributed by atoms with Crippen molar-refractivity contribution in [2.24, 2.45) is 0 Å². The van der Waals surface area contributed by atoms with Crippen LogP contribution < -0.4 is 4.74 Å². The second kappa shape index (κ2) is 5.38. The third kappa shape index (κ3) is 2.58. The quantitative estimate of drug-likeness (QED) is 0.459. The van der Waals surface area contributed by atoms with Gasteiger partial charge in [0.05, 0.1) is 13.7 Å². The highest BCUT2D eigenvalue weighted by Gasteiger charge is 2.27. The zero-order chi connectivity index (χ0) is 13.0. The smallest absolute Gasteiger partial charge is 0.379 e. The van der Waals surface area contributed by atoms with E-state index in [0.717, 1.165) is 19.2 Å². The fourth-order valence-corrected chi connectivity index (χ4v) is 1.24. The predicted molar refractivity (Wildman–Crippen MR) is 53.9 cm³/mol. The average molecular weight is 244 g/mol. The lowest BCUT2D eigenvalue weighted by molar-refractivity contribution is -0.137. The lowest BCUT2D eigenvalue weighted by Crippen LogP contribution is -2.20. The molecule has 1 aromatic carbocycles. The van der Waals surface area contributed by atoms with E-state index in [9.17, 15) is 18.4 Å². The van der Waals surface area contributed by atoms with Crippen molar-refractivity contribution in [2.75, 3.05) is 13.7 Å². The third-order valence-corrected chi connectivity index (χ3v) is 1.95. The van der Waals surface area contributed by atoms with Crippen LogP contribution in [0.2, 0.25) is 0 Å². The molecule has 0 heterocycles. The van der Waals surface area contributed by atoms with Gasteiger partial charge in [-0.1, -0.05) is 0 Å².